The minimum atomic E-state index is -0.179. The van der Waals surface area contributed by atoms with Crippen LogP contribution in [0.3, 0.4) is 0 Å². The van der Waals surface area contributed by atoms with Gasteiger partial charge in [-0.3, -0.25) is 0 Å². The van der Waals surface area contributed by atoms with Crippen LogP contribution in [0.25, 0.3) is 75.2 Å². The van der Waals surface area contributed by atoms with Crippen molar-refractivity contribution in [2.24, 2.45) is 0 Å². The van der Waals surface area contributed by atoms with E-state index in [9.17, 15) is 5.26 Å². The van der Waals surface area contributed by atoms with E-state index in [-0.39, 0.29) is 33.8 Å². The quantitative estimate of drug-likeness (QED) is 0.162. The third-order valence-electron chi connectivity index (χ3n) is 18.6. The molecule has 82 heavy (non-hydrogen) atoms. The van der Waals surface area contributed by atoms with E-state index in [4.69, 9.17) is 0 Å². The largest absolute Gasteiger partial charge is 0.311 e. The Morgan fingerprint density at radius 3 is 1.51 bits per heavy atom. The predicted molar refractivity (Wildman–Crippen MR) is 354 cm³/mol. The predicted octanol–water partition coefficient (Wildman–Crippen LogP) is 19.0. The van der Waals surface area contributed by atoms with Crippen LogP contribution in [0.2, 0.25) is 0 Å². The molecule has 9 aromatic carbocycles. The van der Waals surface area contributed by atoms with Gasteiger partial charge in [-0.1, -0.05) is 158 Å². The minimum absolute atomic E-state index is 0.0236. The Kier molecular flexibility index (Phi) is 10.3. The third-order valence-corrected chi connectivity index (χ3v) is 19.7. The highest BCUT2D eigenvalue weighted by molar-refractivity contribution is 7.26. The van der Waals surface area contributed by atoms with Gasteiger partial charge in [-0.05, 0) is 168 Å². The molecule has 7 heteroatoms. The Balaban J connectivity index is 1.10. The molecule has 0 atom stereocenters. The second kappa shape index (κ2) is 16.6. The van der Waals surface area contributed by atoms with E-state index in [1.807, 2.05) is 11.3 Å². The molecule has 0 amide bonds. The molecular formula is C75H70BN5S. The van der Waals surface area contributed by atoms with E-state index < -0.39 is 0 Å². The number of nitriles is 1. The fraction of sp³-hybridized carbons (Fsp3) is 0.267. The third kappa shape index (κ3) is 7.16. The molecule has 404 valence electrons. The van der Waals surface area contributed by atoms with Gasteiger partial charge in [0.2, 0.25) is 0 Å². The van der Waals surface area contributed by atoms with Gasteiger partial charge in [-0.2, -0.15) is 5.26 Å². The zero-order chi connectivity index (χ0) is 57.2. The normalized spacial score (nSPS) is 14.2. The Bertz CT molecular complexity index is 4790. The number of nitrogens with zero attached hydrogens (tertiary/aromatic N) is 5. The maximum Gasteiger partial charge on any atom is 0.252 e. The average molecular weight is 1080 g/mol. The standard InChI is InChI=1S/C75H70BN5S/c1-71(2,3)43-23-28-56-50(33-43)51-34-44(72(4,5)6)24-29-57(51)78(56)48-26-27-54-60(40-48)79(59-20-18-22-66-67(59)49-19-16-17-21-65(49)82-66)61-31-42(41-77)32-62-68(61)76(54)55-37-47(75(13,14)15)39-64-70(55)81(62)63-38-46(74(10,11)12)36-53-52-35-45(73(7,8)9)25-30-58(52)80(64)69(53)63/h16-40H,1-15H3. The highest BCUT2D eigenvalue weighted by atomic mass is 32.1. The first-order chi connectivity index (χ1) is 38.8. The van der Waals surface area contributed by atoms with Crippen LogP contribution in [0.15, 0.2) is 152 Å². The van der Waals surface area contributed by atoms with Gasteiger partial charge in [0.25, 0.3) is 6.71 Å². The average Bonchev–Trinajstić information content (AvgIpc) is 1.30. The van der Waals surface area contributed by atoms with Crippen molar-refractivity contribution in [3.05, 3.63) is 185 Å². The van der Waals surface area contributed by atoms with Gasteiger partial charge in [-0.25, -0.2) is 0 Å². The van der Waals surface area contributed by atoms with Crippen molar-refractivity contribution in [3.8, 4) is 17.4 Å². The lowest BCUT2D eigenvalue weighted by molar-refractivity contribution is 0.590. The van der Waals surface area contributed by atoms with Crippen LogP contribution in [0.4, 0.5) is 34.1 Å². The van der Waals surface area contributed by atoms with Crippen molar-refractivity contribution < 1.29 is 0 Å². The van der Waals surface area contributed by atoms with E-state index in [2.05, 4.69) is 281 Å². The van der Waals surface area contributed by atoms with E-state index in [0.717, 1.165) is 34.1 Å². The first kappa shape index (κ1) is 50.9. The first-order valence-corrected chi connectivity index (χ1v) is 30.2. The molecular weight excluding hydrogens is 1010 g/mol. The number of hydrogen-bond acceptors (Lipinski definition) is 4. The Morgan fingerprint density at radius 2 is 0.915 bits per heavy atom. The molecule has 12 aromatic rings. The summed E-state index contributed by atoms with van der Waals surface area (Å²) >= 11 is 1.85. The van der Waals surface area contributed by atoms with Gasteiger partial charge < -0.3 is 18.9 Å². The molecule has 15 rings (SSSR count). The van der Waals surface area contributed by atoms with Crippen LogP contribution in [0.5, 0.6) is 0 Å². The smallest absolute Gasteiger partial charge is 0.252 e. The van der Waals surface area contributed by atoms with Crippen LogP contribution in [0, 0.1) is 11.3 Å². The number of anilines is 6. The lowest BCUT2D eigenvalue weighted by atomic mass is 9.33. The molecule has 0 saturated heterocycles. The summed E-state index contributed by atoms with van der Waals surface area (Å²) in [6.45, 7) is 34.8. The van der Waals surface area contributed by atoms with E-state index in [1.54, 1.807) is 0 Å². The molecule has 0 spiro atoms. The molecule has 5 nitrogen and oxygen atoms in total. The van der Waals surface area contributed by atoms with Crippen molar-refractivity contribution in [2.75, 3.05) is 9.80 Å². The van der Waals surface area contributed by atoms with Crippen molar-refractivity contribution in [1.82, 2.24) is 9.13 Å². The number of benzene rings is 9. The minimum Gasteiger partial charge on any atom is -0.311 e. The maximum atomic E-state index is 11.5. The van der Waals surface area contributed by atoms with Crippen molar-refractivity contribution in [3.63, 3.8) is 0 Å². The second-order valence-corrected chi connectivity index (χ2v) is 30.2. The lowest BCUT2D eigenvalue weighted by Gasteiger charge is -2.47. The molecule has 6 heterocycles. The van der Waals surface area contributed by atoms with Gasteiger partial charge in [0.05, 0.1) is 56.4 Å². The molecule has 0 fully saturated rings. The van der Waals surface area contributed by atoms with Crippen LogP contribution in [-0.2, 0) is 27.1 Å². The topological polar surface area (TPSA) is 40.1 Å². The van der Waals surface area contributed by atoms with Crippen LogP contribution in [0.1, 0.15) is 137 Å². The number of aromatic nitrogens is 2. The molecule has 0 radical (unpaired) electrons. The van der Waals surface area contributed by atoms with Gasteiger partial charge in [-0.15, -0.1) is 11.3 Å². The molecule has 3 aromatic heterocycles. The SMILES string of the molecule is CC(C)(C)c1cc2c3c(c1)-n1c4ccc(C(C)(C)C)cc4c4cc(C(C)(C)C)cc(c41)N3c1cc(C#N)cc3c1B2c1ccc(-n2c4ccc(C(C)(C)C)cc4c4cc(C(C)(C)C)ccc42)cc1N3c1cccc2sc3ccccc3c12. The van der Waals surface area contributed by atoms with Crippen LogP contribution in [-0.4, -0.2) is 15.8 Å². The monoisotopic (exact) mass is 1080 g/mol. The van der Waals surface area contributed by atoms with Crippen molar-refractivity contribution in [1.29, 1.82) is 5.26 Å². The maximum absolute atomic E-state index is 11.5. The summed E-state index contributed by atoms with van der Waals surface area (Å²) in [6.07, 6.45) is 0. The molecule has 3 aliphatic heterocycles. The molecule has 0 aliphatic carbocycles. The molecule has 0 bridgehead atoms. The van der Waals surface area contributed by atoms with Gasteiger partial charge in [0.15, 0.2) is 0 Å². The summed E-state index contributed by atoms with van der Waals surface area (Å²) < 4.78 is 7.61. The van der Waals surface area contributed by atoms with Crippen LogP contribution >= 0.6 is 11.3 Å². The number of rotatable bonds is 2. The zero-order valence-electron chi connectivity index (χ0n) is 50.2. The summed E-state index contributed by atoms with van der Waals surface area (Å²) in [5.41, 5.74) is 24.2. The zero-order valence-corrected chi connectivity index (χ0v) is 51.0. The van der Waals surface area contributed by atoms with Gasteiger partial charge >= 0.3 is 0 Å². The van der Waals surface area contributed by atoms with Gasteiger partial charge in [0, 0.05) is 64.5 Å². The lowest BCUT2D eigenvalue weighted by Crippen LogP contribution is -2.62. The number of hydrogen-bond donors (Lipinski definition) is 0. The summed E-state index contributed by atoms with van der Waals surface area (Å²) in [5, 5.41) is 19.0. The highest BCUT2D eigenvalue weighted by Gasteiger charge is 2.48. The van der Waals surface area contributed by atoms with Crippen LogP contribution < -0.4 is 26.2 Å². The molecule has 0 saturated carbocycles. The summed E-state index contributed by atoms with van der Waals surface area (Å²) in [6, 6.07) is 61.7. The Hall–Kier alpha value is -8.05. The van der Waals surface area contributed by atoms with E-state index >= 15 is 0 Å². The number of fused-ring (bicyclic) bond motifs is 15. The van der Waals surface area contributed by atoms with E-state index in [1.165, 1.54) is 119 Å². The summed E-state index contributed by atoms with van der Waals surface area (Å²) in [4.78, 5) is 5.14. The van der Waals surface area contributed by atoms with Gasteiger partial charge in [0.1, 0.15) is 0 Å². The van der Waals surface area contributed by atoms with E-state index in [0.29, 0.717) is 5.56 Å². The van der Waals surface area contributed by atoms with Crippen molar-refractivity contribution in [2.45, 2.75) is 131 Å². The molecule has 0 unspecified atom stereocenters. The number of thiophene rings is 1. The van der Waals surface area contributed by atoms with Crippen molar-refractivity contribution >= 4 is 132 Å². The fourth-order valence-corrected chi connectivity index (χ4v) is 15.2. The molecule has 0 N–H and O–H groups in total. The summed E-state index contributed by atoms with van der Waals surface area (Å²) in [5.74, 6) is 0. The summed E-state index contributed by atoms with van der Waals surface area (Å²) in [7, 11) is 0. The Labute approximate surface area is 487 Å². The fourth-order valence-electron chi connectivity index (χ4n) is 14.0. The second-order valence-electron chi connectivity index (χ2n) is 29.1. The highest BCUT2D eigenvalue weighted by Crippen LogP contribution is 2.56. The first-order valence-electron chi connectivity index (χ1n) is 29.4. The molecule has 3 aliphatic rings. The Morgan fingerprint density at radius 1 is 0.390 bits per heavy atom.